The second kappa shape index (κ2) is 8.65. The molecule has 0 saturated heterocycles. The van der Waals surface area contributed by atoms with Crippen LogP contribution in [0.2, 0.25) is 0 Å². The molecule has 0 radical (unpaired) electrons. The molecule has 0 unspecified atom stereocenters. The maximum absolute atomic E-state index is 12.2. The van der Waals surface area contributed by atoms with Crippen molar-refractivity contribution in [1.82, 2.24) is 0 Å². The summed E-state index contributed by atoms with van der Waals surface area (Å²) in [7, 11) is 1.48. The molecule has 1 aromatic carbocycles. The number of anilines is 1. The largest absolute Gasteiger partial charge is 0.495 e. The summed E-state index contributed by atoms with van der Waals surface area (Å²) in [6.45, 7) is 3.28. The summed E-state index contributed by atoms with van der Waals surface area (Å²) in [5, 5.41) is 13.2. The van der Waals surface area contributed by atoms with E-state index < -0.39 is 28.8 Å². The number of esters is 1. The zero-order valence-corrected chi connectivity index (χ0v) is 14.9. The van der Waals surface area contributed by atoms with Gasteiger partial charge in [-0.1, -0.05) is 6.07 Å². The molecule has 9 heteroatoms. The number of furan rings is 1. The van der Waals surface area contributed by atoms with Crippen LogP contribution in [-0.2, 0) is 14.3 Å². The number of rotatable bonds is 7. The SMILES string of the molecule is COc1ccc(C)cc1NC(=O)[C@@H](C)OC(=O)/C=C/c1ccc([N+](=O)[O-])o1. The van der Waals surface area contributed by atoms with Crippen LogP contribution in [0.4, 0.5) is 11.6 Å². The van der Waals surface area contributed by atoms with Crippen LogP contribution in [0.15, 0.2) is 40.8 Å². The molecule has 1 amide bonds. The highest BCUT2D eigenvalue weighted by atomic mass is 16.6. The highest BCUT2D eigenvalue weighted by Crippen LogP contribution is 2.25. The molecule has 0 fully saturated rings. The van der Waals surface area contributed by atoms with Crippen LogP contribution in [0.3, 0.4) is 0 Å². The van der Waals surface area contributed by atoms with E-state index in [1.165, 1.54) is 26.2 Å². The second-order valence-electron chi connectivity index (χ2n) is 5.54. The van der Waals surface area contributed by atoms with E-state index in [4.69, 9.17) is 13.9 Å². The topological polar surface area (TPSA) is 121 Å². The van der Waals surface area contributed by atoms with E-state index in [1.807, 2.05) is 13.0 Å². The lowest BCUT2D eigenvalue weighted by molar-refractivity contribution is -0.402. The van der Waals surface area contributed by atoms with Crippen molar-refractivity contribution in [3.63, 3.8) is 0 Å². The number of hydrogen-bond acceptors (Lipinski definition) is 7. The summed E-state index contributed by atoms with van der Waals surface area (Å²) in [5.74, 6) is -1.18. The number of carbonyl (C=O) groups excluding carboxylic acids is 2. The normalized spacial score (nSPS) is 11.8. The highest BCUT2D eigenvalue weighted by Gasteiger charge is 2.18. The lowest BCUT2D eigenvalue weighted by Crippen LogP contribution is -2.29. The zero-order valence-electron chi connectivity index (χ0n) is 14.9. The van der Waals surface area contributed by atoms with Gasteiger partial charge in [-0.25, -0.2) is 4.79 Å². The molecule has 0 spiro atoms. The third kappa shape index (κ3) is 5.43. The van der Waals surface area contributed by atoms with Crippen molar-refractivity contribution >= 4 is 29.5 Å². The van der Waals surface area contributed by atoms with E-state index in [9.17, 15) is 19.7 Å². The molecule has 0 aliphatic rings. The fraction of sp³-hybridized carbons (Fsp3) is 0.222. The number of amides is 1. The van der Waals surface area contributed by atoms with Gasteiger partial charge < -0.3 is 19.2 Å². The number of ether oxygens (including phenoxy) is 2. The number of nitro groups is 1. The van der Waals surface area contributed by atoms with Gasteiger partial charge in [-0.05, 0) is 43.7 Å². The van der Waals surface area contributed by atoms with E-state index in [1.54, 1.807) is 12.1 Å². The maximum atomic E-state index is 12.2. The van der Waals surface area contributed by atoms with Crippen LogP contribution < -0.4 is 10.1 Å². The Balaban J connectivity index is 1.95. The van der Waals surface area contributed by atoms with E-state index in [-0.39, 0.29) is 5.76 Å². The molecular weight excluding hydrogens is 356 g/mol. The minimum atomic E-state index is -1.07. The fourth-order valence-electron chi connectivity index (χ4n) is 2.10. The molecule has 2 rings (SSSR count). The third-order valence-electron chi connectivity index (χ3n) is 3.45. The number of aryl methyl sites for hydroxylation is 1. The number of carbonyl (C=O) groups is 2. The summed E-state index contributed by atoms with van der Waals surface area (Å²) in [6.07, 6.45) is 1.15. The first-order valence-electron chi connectivity index (χ1n) is 7.88. The summed E-state index contributed by atoms with van der Waals surface area (Å²) in [4.78, 5) is 33.9. The molecule has 1 atom stereocenters. The van der Waals surface area contributed by atoms with Gasteiger partial charge in [0.25, 0.3) is 5.91 Å². The van der Waals surface area contributed by atoms with Crippen molar-refractivity contribution in [2.75, 3.05) is 12.4 Å². The van der Waals surface area contributed by atoms with E-state index >= 15 is 0 Å². The lowest BCUT2D eigenvalue weighted by Gasteiger charge is -2.15. The van der Waals surface area contributed by atoms with Crippen molar-refractivity contribution < 1.29 is 28.4 Å². The molecule has 1 N–H and O–H groups in total. The minimum Gasteiger partial charge on any atom is -0.495 e. The quantitative estimate of drug-likeness (QED) is 0.342. The van der Waals surface area contributed by atoms with Crippen molar-refractivity contribution in [3.05, 3.63) is 57.8 Å². The predicted molar refractivity (Wildman–Crippen MR) is 96.3 cm³/mol. The molecule has 142 valence electrons. The first-order chi connectivity index (χ1) is 12.8. The van der Waals surface area contributed by atoms with Gasteiger partial charge in [-0.2, -0.15) is 0 Å². The van der Waals surface area contributed by atoms with Crippen molar-refractivity contribution in [3.8, 4) is 5.75 Å². The molecule has 2 aromatic rings. The number of hydrogen-bond donors (Lipinski definition) is 1. The van der Waals surface area contributed by atoms with Crippen molar-refractivity contribution in [2.45, 2.75) is 20.0 Å². The highest BCUT2D eigenvalue weighted by molar-refractivity contribution is 5.97. The fourth-order valence-corrected chi connectivity index (χ4v) is 2.10. The predicted octanol–water partition coefficient (Wildman–Crippen LogP) is 3.09. The van der Waals surface area contributed by atoms with Gasteiger partial charge in [0.05, 0.1) is 18.9 Å². The standard InChI is InChI=1S/C18H18N2O7/c1-11-4-7-15(25-3)14(10-11)19-18(22)12(2)26-17(21)9-6-13-5-8-16(27-13)20(23)24/h4-10,12H,1-3H3,(H,19,22)/b9-6+/t12-/m1/s1. The van der Waals surface area contributed by atoms with Crippen LogP contribution in [0.1, 0.15) is 18.2 Å². The first-order valence-corrected chi connectivity index (χ1v) is 7.88. The Bertz CT molecular complexity index is 886. The number of nitrogens with one attached hydrogen (secondary N) is 1. The Hall–Kier alpha value is -3.62. The first kappa shape index (κ1) is 19.7. The Morgan fingerprint density at radius 1 is 1.30 bits per heavy atom. The number of benzene rings is 1. The molecule has 9 nitrogen and oxygen atoms in total. The van der Waals surface area contributed by atoms with Gasteiger partial charge in [0.1, 0.15) is 16.4 Å². The Labute approximate surface area is 154 Å². The van der Waals surface area contributed by atoms with E-state index in [0.717, 1.165) is 17.7 Å². The van der Waals surface area contributed by atoms with Crippen LogP contribution in [-0.4, -0.2) is 30.0 Å². The smallest absolute Gasteiger partial charge is 0.433 e. The Morgan fingerprint density at radius 2 is 2.04 bits per heavy atom. The molecule has 27 heavy (non-hydrogen) atoms. The van der Waals surface area contributed by atoms with E-state index in [2.05, 4.69) is 5.32 Å². The summed E-state index contributed by atoms with van der Waals surface area (Å²) < 4.78 is 15.1. The summed E-state index contributed by atoms with van der Waals surface area (Å²) in [6, 6.07) is 7.78. The van der Waals surface area contributed by atoms with Gasteiger partial charge in [-0.3, -0.25) is 14.9 Å². The molecule has 0 aliphatic heterocycles. The molecule has 0 saturated carbocycles. The number of methoxy groups -OCH3 is 1. The van der Waals surface area contributed by atoms with Crippen LogP contribution in [0.5, 0.6) is 5.75 Å². The lowest BCUT2D eigenvalue weighted by atomic mass is 10.2. The molecular formula is C18H18N2O7. The third-order valence-corrected chi connectivity index (χ3v) is 3.45. The van der Waals surface area contributed by atoms with Gasteiger partial charge >= 0.3 is 11.9 Å². The van der Waals surface area contributed by atoms with Crippen LogP contribution >= 0.6 is 0 Å². The Morgan fingerprint density at radius 3 is 2.67 bits per heavy atom. The van der Waals surface area contributed by atoms with E-state index in [0.29, 0.717) is 11.4 Å². The van der Waals surface area contributed by atoms with Gasteiger partial charge in [0.2, 0.25) is 0 Å². The average Bonchev–Trinajstić information content (AvgIpc) is 3.09. The average molecular weight is 374 g/mol. The Kier molecular flexibility index (Phi) is 6.32. The van der Waals surface area contributed by atoms with Gasteiger partial charge in [-0.15, -0.1) is 0 Å². The minimum absolute atomic E-state index is 0.111. The molecule has 0 bridgehead atoms. The molecule has 1 heterocycles. The van der Waals surface area contributed by atoms with Gasteiger partial charge in [0, 0.05) is 6.08 Å². The number of nitrogens with zero attached hydrogens (tertiary/aromatic N) is 1. The van der Waals surface area contributed by atoms with Crippen LogP contribution in [0, 0.1) is 17.0 Å². The maximum Gasteiger partial charge on any atom is 0.433 e. The van der Waals surface area contributed by atoms with Gasteiger partial charge in [0.15, 0.2) is 6.10 Å². The molecule has 0 aliphatic carbocycles. The monoisotopic (exact) mass is 374 g/mol. The summed E-state index contributed by atoms with van der Waals surface area (Å²) >= 11 is 0. The summed E-state index contributed by atoms with van der Waals surface area (Å²) in [5.41, 5.74) is 1.38. The van der Waals surface area contributed by atoms with Crippen molar-refractivity contribution in [1.29, 1.82) is 0 Å². The molecule has 1 aromatic heterocycles. The second-order valence-corrected chi connectivity index (χ2v) is 5.54. The van der Waals surface area contributed by atoms with Crippen molar-refractivity contribution in [2.24, 2.45) is 0 Å². The zero-order chi connectivity index (χ0) is 20.0. The van der Waals surface area contributed by atoms with Crippen LogP contribution in [0.25, 0.3) is 6.08 Å².